The van der Waals surface area contributed by atoms with Crippen LogP contribution in [-0.4, -0.2) is 74.2 Å². The summed E-state index contributed by atoms with van der Waals surface area (Å²) in [5, 5.41) is 37.9. The minimum atomic E-state index is -1.34. The van der Waals surface area contributed by atoms with Crippen LogP contribution in [0.5, 0.6) is 0 Å². The van der Waals surface area contributed by atoms with Gasteiger partial charge in [-0.1, -0.05) is 13.0 Å². The van der Waals surface area contributed by atoms with E-state index in [1.807, 2.05) is 0 Å². The molecule has 1 aromatic carbocycles. The second-order valence-corrected chi connectivity index (χ2v) is 12.8. The van der Waals surface area contributed by atoms with Crippen molar-refractivity contribution in [3.8, 4) is 11.3 Å². The maximum absolute atomic E-state index is 15.4. The first-order chi connectivity index (χ1) is 22.5. The Balaban J connectivity index is 1.60. The van der Waals surface area contributed by atoms with Crippen molar-refractivity contribution in [1.29, 1.82) is 0 Å². The number of ether oxygens (including phenoxy) is 1. The molecule has 0 radical (unpaired) electrons. The Hall–Kier alpha value is -4.96. The first-order valence-electron chi connectivity index (χ1n) is 15.1. The molecule has 256 valence electrons. The third-order valence-electron chi connectivity index (χ3n) is 7.99. The molecule has 0 saturated carbocycles. The molecule has 1 aliphatic heterocycles. The number of rotatable bonds is 6. The van der Waals surface area contributed by atoms with E-state index >= 15 is 4.39 Å². The van der Waals surface area contributed by atoms with E-state index in [2.05, 4.69) is 25.9 Å². The molecular weight excluding hydrogens is 637 g/mol. The number of carboxylic acid groups (broad SMARTS) is 1. The number of nitrogens with zero attached hydrogens (tertiary/aromatic N) is 3. The molecule has 1 saturated heterocycles. The number of anilines is 3. The highest BCUT2D eigenvalue weighted by Crippen LogP contribution is 2.42. The van der Waals surface area contributed by atoms with E-state index in [4.69, 9.17) is 4.74 Å². The molecule has 4 atom stereocenters. The average Bonchev–Trinajstić information content (AvgIpc) is 3.35. The fourth-order valence-corrected chi connectivity index (χ4v) is 5.96. The largest absolute Gasteiger partial charge is 0.465 e. The van der Waals surface area contributed by atoms with Gasteiger partial charge in [0.15, 0.2) is 11.5 Å². The highest BCUT2D eigenvalue weighted by Gasteiger charge is 2.38. The molecular formula is C32H35F3N6O7. The number of carbonyl (C=O) groups is 3. The van der Waals surface area contributed by atoms with E-state index in [0.29, 0.717) is 35.9 Å². The molecule has 5 rings (SSSR count). The van der Waals surface area contributed by atoms with Gasteiger partial charge in [-0.3, -0.25) is 15.1 Å². The summed E-state index contributed by atoms with van der Waals surface area (Å²) in [5.41, 5.74) is -2.33. The van der Waals surface area contributed by atoms with Crippen molar-refractivity contribution < 1.29 is 47.6 Å². The summed E-state index contributed by atoms with van der Waals surface area (Å²) in [7, 11) is 0. The number of aliphatic hydroxyl groups is 2. The number of carbonyl (C=O) groups excluding carboxylic acids is 2. The quantitative estimate of drug-likeness (QED) is 0.216. The lowest BCUT2D eigenvalue weighted by Crippen LogP contribution is -2.58. The van der Waals surface area contributed by atoms with E-state index < -0.39 is 88.0 Å². The van der Waals surface area contributed by atoms with Crippen LogP contribution in [0.15, 0.2) is 30.5 Å². The number of aromatic nitrogens is 2. The number of aliphatic hydroxyl groups excluding tert-OH is 2. The molecule has 1 aliphatic carbocycles. The van der Waals surface area contributed by atoms with Gasteiger partial charge >= 0.3 is 12.2 Å². The Bertz CT molecular complexity index is 1750. The zero-order valence-corrected chi connectivity index (χ0v) is 26.5. The molecule has 3 amide bonds. The van der Waals surface area contributed by atoms with Crippen molar-refractivity contribution in [1.82, 2.24) is 15.3 Å². The normalized spacial score (nSPS) is 20.6. The summed E-state index contributed by atoms with van der Waals surface area (Å²) < 4.78 is 50.2. The van der Waals surface area contributed by atoms with Crippen molar-refractivity contribution >= 4 is 35.2 Å². The van der Waals surface area contributed by atoms with Crippen molar-refractivity contribution in [3.63, 3.8) is 0 Å². The minimum absolute atomic E-state index is 0.00974. The van der Waals surface area contributed by atoms with Crippen molar-refractivity contribution in [3.05, 3.63) is 64.9 Å². The van der Waals surface area contributed by atoms with Crippen molar-refractivity contribution in [2.75, 3.05) is 28.6 Å². The fraction of sp³-hybridized carbons (Fsp3) is 0.406. The predicted octanol–water partition coefficient (Wildman–Crippen LogP) is 4.59. The predicted molar refractivity (Wildman–Crippen MR) is 167 cm³/mol. The van der Waals surface area contributed by atoms with Crippen LogP contribution in [0.2, 0.25) is 0 Å². The first-order valence-corrected chi connectivity index (χ1v) is 15.1. The molecule has 2 aromatic heterocycles. The van der Waals surface area contributed by atoms with Crippen molar-refractivity contribution in [2.24, 2.45) is 5.92 Å². The van der Waals surface area contributed by atoms with Gasteiger partial charge in [0.1, 0.15) is 22.9 Å². The molecule has 0 spiro atoms. The monoisotopic (exact) mass is 672 g/mol. The lowest BCUT2D eigenvalue weighted by atomic mass is 9.91. The number of fused-ring (bicyclic) bond motifs is 1. The number of benzene rings is 1. The second kappa shape index (κ2) is 13.3. The maximum Gasteiger partial charge on any atom is 0.412 e. The number of amides is 3. The molecule has 2 aliphatic rings. The smallest absolute Gasteiger partial charge is 0.412 e. The van der Waals surface area contributed by atoms with E-state index in [1.54, 1.807) is 32.6 Å². The Morgan fingerprint density at radius 1 is 1.02 bits per heavy atom. The zero-order chi connectivity index (χ0) is 35.1. The number of piperidine rings is 1. The summed E-state index contributed by atoms with van der Waals surface area (Å²) in [6.45, 7) is 6.69. The van der Waals surface area contributed by atoms with Crippen LogP contribution < -0.4 is 20.9 Å². The van der Waals surface area contributed by atoms with Gasteiger partial charge in [0, 0.05) is 30.6 Å². The Kier molecular flexibility index (Phi) is 9.51. The number of halogens is 3. The number of hydrogen-bond acceptors (Lipinski definition) is 9. The molecule has 1 fully saturated rings. The first kappa shape index (κ1) is 34.4. The summed E-state index contributed by atoms with van der Waals surface area (Å²) in [5.74, 6) is -5.00. The topological polar surface area (TPSA) is 186 Å². The Morgan fingerprint density at radius 2 is 1.71 bits per heavy atom. The highest BCUT2D eigenvalue weighted by atomic mass is 19.1. The summed E-state index contributed by atoms with van der Waals surface area (Å²) in [6, 6.07) is 2.65. The Labute approximate surface area is 273 Å². The third-order valence-corrected chi connectivity index (χ3v) is 7.99. The van der Waals surface area contributed by atoms with Gasteiger partial charge in [-0.2, -0.15) is 0 Å². The van der Waals surface area contributed by atoms with Gasteiger partial charge < -0.3 is 35.6 Å². The van der Waals surface area contributed by atoms with Gasteiger partial charge in [0.2, 0.25) is 0 Å². The summed E-state index contributed by atoms with van der Waals surface area (Å²) in [4.78, 5) is 48.2. The van der Waals surface area contributed by atoms with E-state index in [-0.39, 0.29) is 18.8 Å². The number of pyridine rings is 2. The van der Waals surface area contributed by atoms with E-state index in [9.17, 15) is 38.5 Å². The molecule has 3 heterocycles. The van der Waals surface area contributed by atoms with Gasteiger partial charge in [0.25, 0.3) is 5.91 Å². The minimum Gasteiger partial charge on any atom is -0.465 e. The van der Waals surface area contributed by atoms with Crippen LogP contribution in [0.25, 0.3) is 11.3 Å². The molecule has 4 unspecified atom stereocenters. The average molecular weight is 673 g/mol. The van der Waals surface area contributed by atoms with Crippen LogP contribution in [0.4, 0.5) is 39.8 Å². The van der Waals surface area contributed by atoms with Gasteiger partial charge in [-0.05, 0) is 45.7 Å². The van der Waals surface area contributed by atoms with Crippen LogP contribution in [-0.2, 0) is 11.2 Å². The Morgan fingerprint density at radius 3 is 2.35 bits per heavy atom. The zero-order valence-electron chi connectivity index (χ0n) is 26.5. The lowest BCUT2D eigenvalue weighted by molar-refractivity contribution is 0.0633. The number of nitrogens with one attached hydrogen (secondary N) is 3. The SMILES string of the molecule is CC1CN(c2c(NC(=O)c3nc(-c4c(F)cccc4F)c(F)cc3NC(=O)OC(C)(C)C)cnc3c2CCC3O)CC(NC(=O)O)C1O. The van der Waals surface area contributed by atoms with Gasteiger partial charge in [0.05, 0.1) is 52.8 Å². The third kappa shape index (κ3) is 7.13. The van der Waals surface area contributed by atoms with Crippen LogP contribution in [0.1, 0.15) is 62.0 Å². The van der Waals surface area contributed by atoms with Crippen molar-refractivity contribution in [2.45, 2.75) is 64.4 Å². The molecule has 6 N–H and O–H groups in total. The molecule has 16 heteroatoms. The van der Waals surface area contributed by atoms with Crippen LogP contribution in [0, 0.1) is 23.4 Å². The standard InChI is InChI=1S/C32H35F3N6O7/c1-14-12-41(13-21(28(14)43)38-30(45)46)27-15-8-9-22(42)24(15)36-11-20(27)37-29(44)26-19(39-31(47)48-32(2,3)4)10-18(35)25(40-26)23-16(33)6-5-7-17(23)34/h5-7,10-11,14,21-22,28,38,42-43H,8-9,12-13H2,1-4H3,(H,37,44)(H,39,47)(H,45,46). The lowest BCUT2D eigenvalue weighted by Gasteiger charge is -2.42. The summed E-state index contributed by atoms with van der Waals surface area (Å²) >= 11 is 0. The highest BCUT2D eigenvalue weighted by molar-refractivity contribution is 6.10. The van der Waals surface area contributed by atoms with Gasteiger partial charge in [-0.25, -0.2) is 27.7 Å². The molecule has 0 bridgehead atoms. The molecule has 13 nitrogen and oxygen atoms in total. The van der Waals surface area contributed by atoms with E-state index in [0.717, 1.165) is 18.2 Å². The molecule has 3 aromatic rings. The van der Waals surface area contributed by atoms with Crippen LogP contribution in [0.3, 0.4) is 0 Å². The van der Waals surface area contributed by atoms with Crippen LogP contribution >= 0.6 is 0 Å². The second-order valence-electron chi connectivity index (χ2n) is 12.8. The van der Waals surface area contributed by atoms with Gasteiger partial charge in [-0.15, -0.1) is 0 Å². The summed E-state index contributed by atoms with van der Waals surface area (Å²) in [6.07, 6.45) is -2.36. The molecule has 48 heavy (non-hydrogen) atoms. The number of hydrogen-bond donors (Lipinski definition) is 6. The van der Waals surface area contributed by atoms with E-state index in [1.165, 1.54) is 6.20 Å². The fourth-order valence-electron chi connectivity index (χ4n) is 5.96. The maximum atomic E-state index is 15.4.